The Morgan fingerprint density at radius 2 is 1.87 bits per heavy atom. The van der Waals surface area contributed by atoms with Crippen LogP contribution in [0.1, 0.15) is 27.0 Å². The number of fused-ring (bicyclic) bond motifs is 1. The van der Waals surface area contributed by atoms with E-state index >= 15 is 0 Å². The number of nitrogens with zero attached hydrogens (tertiary/aromatic N) is 1. The normalized spacial score (nSPS) is 16.4. The first-order valence-corrected chi connectivity index (χ1v) is 10.8. The molecule has 4 rings (SSSR count). The van der Waals surface area contributed by atoms with E-state index in [0.29, 0.717) is 38.8 Å². The van der Waals surface area contributed by atoms with Crippen LogP contribution in [0.4, 0.5) is 5.69 Å². The smallest absolute Gasteiger partial charge is 0.245 e. The van der Waals surface area contributed by atoms with Gasteiger partial charge >= 0.3 is 0 Å². The highest BCUT2D eigenvalue weighted by Crippen LogP contribution is 2.32. The van der Waals surface area contributed by atoms with Gasteiger partial charge in [0.25, 0.3) is 0 Å². The van der Waals surface area contributed by atoms with Crippen molar-refractivity contribution in [1.29, 1.82) is 0 Å². The lowest BCUT2D eigenvalue weighted by Crippen LogP contribution is -2.27. The second-order valence-electron chi connectivity index (χ2n) is 6.48. The molecule has 1 N–H and O–H groups in total. The van der Waals surface area contributed by atoms with Gasteiger partial charge in [0.15, 0.2) is 0 Å². The molecule has 7 heteroatoms. The van der Waals surface area contributed by atoms with Gasteiger partial charge in [-0.2, -0.15) is 0 Å². The van der Waals surface area contributed by atoms with Crippen LogP contribution in [0.25, 0.3) is 6.08 Å². The highest BCUT2D eigenvalue weighted by Gasteiger charge is 2.33. The van der Waals surface area contributed by atoms with Crippen molar-refractivity contribution in [2.75, 3.05) is 4.72 Å². The van der Waals surface area contributed by atoms with Crippen molar-refractivity contribution in [2.45, 2.75) is 6.42 Å². The summed E-state index contributed by atoms with van der Waals surface area (Å²) in [6, 6.07) is 14.0. The first kappa shape index (κ1) is 20.5. The minimum Gasteiger partial charge on any atom is -0.588 e. The van der Waals surface area contributed by atoms with Gasteiger partial charge in [-0.1, -0.05) is 41.1 Å². The van der Waals surface area contributed by atoms with Gasteiger partial charge in [-0.05, 0) is 53.6 Å². The fourth-order valence-corrected chi connectivity index (χ4v) is 4.21. The number of anilines is 1. The van der Waals surface area contributed by atoms with Gasteiger partial charge in [0.2, 0.25) is 10.7 Å². The summed E-state index contributed by atoms with van der Waals surface area (Å²) < 4.78 is 15.4. The van der Waals surface area contributed by atoms with Gasteiger partial charge in [0.1, 0.15) is 11.4 Å². The maximum atomic E-state index is 13.0. The number of hydrogen-bond donors (Lipinski definition) is 1. The number of halogens is 2. The van der Waals surface area contributed by atoms with Crippen molar-refractivity contribution in [2.24, 2.45) is 0 Å². The zero-order chi connectivity index (χ0) is 21.1. The monoisotopic (exact) mass is 452 g/mol. The molecule has 0 amide bonds. The van der Waals surface area contributed by atoms with E-state index in [4.69, 9.17) is 23.2 Å². The maximum Gasteiger partial charge on any atom is 0.245 e. The van der Waals surface area contributed by atoms with E-state index in [9.17, 15) is 9.35 Å². The van der Waals surface area contributed by atoms with Crippen LogP contribution in [-0.4, -0.2) is 15.3 Å². The molecule has 0 saturated heterocycles. The Morgan fingerprint density at radius 3 is 2.63 bits per heavy atom. The second-order valence-corrected chi connectivity index (χ2v) is 8.47. The molecule has 0 fully saturated rings. The fourth-order valence-electron chi connectivity index (χ4n) is 2.89. The Kier molecular flexibility index (Phi) is 6.12. The lowest BCUT2D eigenvalue weighted by Gasteiger charge is -2.21. The van der Waals surface area contributed by atoms with E-state index in [2.05, 4.69) is 21.5 Å². The highest BCUT2D eigenvalue weighted by atomic mass is 35.5. The number of allylic oxidation sites excluding steroid dienone is 1. The first-order valence-electron chi connectivity index (χ1n) is 8.93. The van der Waals surface area contributed by atoms with Crippen LogP contribution in [0.5, 0.6) is 0 Å². The zero-order valence-corrected chi connectivity index (χ0v) is 17.8. The lowest BCUT2D eigenvalue weighted by molar-refractivity contribution is 0.104. The molecule has 30 heavy (non-hydrogen) atoms. The van der Waals surface area contributed by atoms with Gasteiger partial charge in [-0.15, -0.1) is 0 Å². The molecule has 0 saturated carbocycles. The largest absolute Gasteiger partial charge is 0.588 e. The molecule has 0 radical (unpaired) electrons. The van der Waals surface area contributed by atoms with Crippen molar-refractivity contribution in [3.63, 3.8) is 0 Å². The third kappa shape index (κ3) is 4.53. The number of rotatable bonds is 2. The molecule has 1 atom stereocenters. The molecule has 1 aliphatic heterocycles. The van der Waals surface area contributed by atoms with Crippen LogP contribution in [0.3, 0.4) is 0 Å². The molecule has 0 aliphatic carbocycles. The summed E-state index contributed by atoms with van der Waals surface area (Å²) in [6.45, 7) is 0. The predicted molar refractivity (Wildman–Crippen MR) is 122 cm³/mol. The van der Waals surface area contributed by atoms with Crippen LogP contribution in [0.15, 0.2) is 65.8 Å². The van der Waals surface area contributed by atoms with Crippen molar-refractivity contribution in [1.82, 2.24) is 4.98 Å². The Balaban J connectivity index is 1.61. The number of ketones is 1. The number of nitrogens with one attached hydrogen (secondary N) is 1. The molecule has 148 valence electrons. The minimum atomic E-state index is -1.68. The van der Waals surface area contributed by atoms with Gasteiger partial charge < -0.3 is 4.55 Å². The molecular formula is C23H14Cl2N2O2S. The van der Waals surface area contributed by atoms with E-state index in [0.717, 1.165) is 5.56 Å². The van der Waals surface area contributed by atoms with E-state index in [1.165, 1.54) is 0 Å². The minimum absolute atomic E-state index is 0.141. The summed E-state index contributed by atoms with van der Waals surface area (Å²) in [5, 5.41) is 0.772. The molecular weight excluding hydrogens is 439 g/mol. The summed E-state index contributed by atoms with van der Waals surface area (Å²) in [5.74, 6) is 5.86. The standard InChI is InChI=1S/C23H14Cl2N2O2S/c24-19-6-4-17(13-20(19)25)14-22-23(28)18-12-16(5-7-21(18)27-30(22)29)3-1-2-15-8-10-26-11-9-15/h4-14,27H,2H2/b22-14-. The van der Waals surface area contributed by atoms with Crippen molar-refractivity contribution in [3.8, 4) is 11.8 Å². The summed E-state index contributed by atoms with van der Waals surface area (Å²) in [4.78, 5) is 17.1. The number of hydrogen-bond acceptors (Lipinski definition) is 4. The third-order valence-electron chi connectivity index (χ3n) is 4.41. The van der Waals surface area contributed by atoms with Crippen LogP contribution in [-0.2, 0) is 17.8 Å². The first-order chi connectivity index (χ1) is 14.5. The maximum absolute atomic E-state index is 13.0. The molecule has 0 spiro atoms. The quantitative estimate of drug-likeness (QED) is 0.325. The van der Waals surface area contributed by atoms with E-state index in [1.807, 2.05) is 12.1 Å². The van der Waals surface area contributed by atoms with Gasteiger partial charge in [-0.3, -0.25) is 9.78 Å². The Labute approximate surface area is 187 Å². The molecule has 1 aromatic heterocycles. The second kappa shape index (κ2) is 8.95. The topological polar surface area (TPSA) is 65.0 Å². The summed E-state index contributed by atoms with van der Waals surface area (Å²) in [5.41, 5.74) is 3.36. The van der Waals surface area contributed by atoms with Crippen molar-refractivity contribution >= 4 is 52.1 Å². The zero-order valence-electron chi connectivity index (χ0n) is 15.5. The molecule has 1 aliphatic rings. The van der Waals surface area contributed by atoms with Gasteiger partial charge in [0.05, 0.1) is 21.3 Å². The van der Waals surface area contributed by atoms with E-state index in [1.54, 1.807) is 54.9 Å². The average Bonchev–Trinajstić information content (AvgIpc) is 2.75. The molecule has 0 bridgehead atoms. The average molecular weight is 453 g/mol. The van der Waals surface area contributed by atoms with Crippen LogP contribution >= 0.6 is 23.2 Å². The molecule has 4 nitrogen and oxygen atoms in total. The van der Waals surface area contributed by atoms with Crippen molar-refractivity contribution < 1.29 is 9.35 Å². The SMILES string of the molecule is O=C1/C(=C/c2ccc(Cl)c(Cl)c2)[S+]([O-])Nc2ccc(C#CCc3ccncc3)cc21. The molecule has 3 aromatic rings. The Hall–Kier alpha value is -2.75. The number of pyridine rings is 1. The number of Topliss-reactive ketones (excluding diaryl/α,β-unsaturated/α-hetero) is 1. The number of benzene rings is 2. The van der Waals surface area contributed by atoms with Crippen LogP contribution in [0.2, 0.25) is 10.0 Å². The van der Waals surface area contributed by atoms with Crippen LogP contribution in [0, 0.1) is 11.8 Å². The highest BCUT2D eigenvalue weighted by molar-refractivity contribution is 7.97. The third-order valence-corrected chi connectivity index (χ3v) is 6.25. The number of carbonyl (C=O) groups excluding carboxylic acids is 1. The predicted octanol–water partition coefficient (Wildman–Crippen LogP) is 5.30. The van der Waals surface area contributed by atoms with Gasteiger partial charge in [-0.25, -0.2) is 4.72 Å². The molecule has 2 aromatic carbocycles. The van der Waals surface area contributed by atoms with Crippen LogP contribution < -0.4 is 4.72 Å². The summed E-state index contributed by atoms with van der Waals surface area (Å²) in [6.07, 6.45) is 5.58. The van der Waals surface area contributed by atoms with E-state index < -0.39 is 11.4 Å². The summed E-state index contributed by atoms with van der Waals surface area (Å²) >= 11 is 10.3. The Morgan fingerprint density at radius 1 is 1.07 bits per heavy atom. The lowest BCUT2D eigenvalue weighted by atomic mass is 10.0. The number of carbonyl (C=O) groups is 1. The molecule has 1 unspecified atom stereocenters. The Bertz CT molecular complexity index is 1220. The van der Waals surface area contributed by atoms with E-state index in [-0.39, 0.29) is 10.7 Å². The molecule has 2 heterocycles. The number of aromatic nitrogens is 1. The van der Waals surface area contributed by atoms with Crippen molar-refractivity contribution in [3.05, 3.63) is 98.1 Å². The summed E-state index contributed by atoms with van der Waals surface area (Å²) in [7, 11) is 0. The fraction of sp³-hybridized carbons (Fsp3) is 0.0435. The van der Waals surface area contributed by atoms with Gasteiger partial charge in [0, 0.05) is 30.5 Å².